The maximum absolute atomic E-state index is 12.5. The molecule has 1 unspecified atom stereocenters. The fraction of sp³-hybridized carbons (Fsp3) is 0.250. The fourth-order valence-electron chi connectivity index (χ4n) is 3.04. The van der Waals surface area contributed by atoms with Gasteiger partial charge in [0.05, 0.1) is 24.3 Å². The third-order valence-electron chi connectivity index (χ3n) is 4.48. The van der Waals surface area contributed by atoms with E-state index in [2.05, 4.69) is 5.32 Å². The Morgan fingerprint density at radius 2 is 1.89 bits per heavy atom. The molecular weight excluding hydrogens is 368 g/mol. The molecule has 6 nitrogen and oxygen atoms in total. The first kappa shape index (κ1) is 18.9. The van der Waals surface area contributed by atoms with E-state index in [4.69, 9.17) is 16.3 Å². The van der Waals surface area contributed by atoms with E-state index in [0.29, 0.717) is 22.8 Å². The first-order valence-corrected chi connectivity index (χ1v) is 8.87. The first-order chi connectivity index (χ1) is 13.0. The number of anilines is 1. The van der Waals surface area contributed by atoms with Gasteiger partial charge in [-0.2, -0.15) is 0 Å². The van der Waals surface area contributed by atoms with Crippen molar-refractivity contribution in [3.63, 3.8) is 0 Å². The van der Waals surface area contributed by atoms with Crippen molar-refractivity contribution in [2.45, 2.75) is 13.0 Å². The van der Waals surface area contributed by atoms with E-state index in [-0.39, 0.29) is 24.8 Å². The number of carbonyl (C=O) groups is 3. The molecule has 0 radical (unpaired) electrons. The molecule has 27 heavy (non-hydrogen) atoms. The molecule has 1 saturated heterocycles. The number of carbonyl (C=O) groups excluding carboxylic acids is 3. The van der Waals surface area contributed by atoms with Crippen LogP contribution in [0.1, 0.15) is 22.3 Å². The highest BCUT2D eigenvalue weighted by molar-refractivity contribution is 6.30. The standard InChI is InChI=1S/C20H19ClN2O4/c1-27-20(26)16-4-2-3-5-17(16)23-12-14(10-18(23)24)19(25)22-11-13-6-8-15(21)9-7-13/h2-9,14H,10-12H2,1H3,(H,22,25). The number of nitrogens with one attached hydrogen (secondary N) is 1. The van der Waals surface area contributed by atoms with Crippen LogP contribution in [0.3, 0.4) is 0 Å². The Balaban J connectivity index is 1.67. The minimum absolute atomic E-state index is 0.0992. The highest BCUT2D eigenvalue weighted by atomic mass is 35.5. The average Bonchev–Trinajstić information content (AvgIpc) is 3.08. The van der Waals surface area contributed by atoms with Crippen LogP contribution in [0.5, 0.6) is 0 Å². The lowest BCUT2D eigenvalue weighted by atomic mass is 10.1. The molecule has 1 atom stereocenters. The van der Waals surface area contributed by atoms with E-state index < -0.39 is 11.9 Å². The van der Waals surface area contributed by atoms with Gasteiger partial charge in [-0.25, -0.2) is 4.79 Å². The number of ether oxygens (including phenoxy) is 1. The highest BCUT2D eigenvalue weighted by Crippen LogP contribution is 2.28. The number of nitrogens with zero attached hydrogens (tertiary/aromatic N) is 1. The summed E-state index contributed by atoms with van der Waals surface area (Å²) in [6.07, 6.45) is 0.0992. The monoisotopic (exact) mass is 386 g/mol. The lowest BCUT2D eigenvalue weighted by Crippen LogP contribution is -2.33. The molecular formula is C20H19ClN2O4. The number of rotatable bonds is 5. The van der Waals surface area contributed by atoms with Gasteiger partial charge in [-0.1, -0.05) is 35.9 Å². The number of methoxy groups -OCH3 is 1. The number of para-hydroxylation sites is 1. The van der Waals surface area contributed by atoms with Crippen molar-refractivity contribution in [3.05, 3.63) is 64.7 Å². The summed E-state index contributed by atoms with van der Waals surface area (Å²) >= 11 is 5.85. The predicted octanol–water partition coefficient (Wildman–Crippen LogP) is 2.80. The maximum atomic E-state index is 12.5. The van der Waals surface area contributed by atoms with Crippen LogP contribution < -0.4 is 10.2 Å². The van der Waals surface area contributed by atoms with Crippen LogP contribution >= 0.6 is 11.6 Å². The van der Waals surface area contributed by atoms with Crippen molar-refractivity contribution in [2.24, 2.45) is 5.92 Å². The van der Waals surface area contributed by atoms with Crippen molar-refractivity contribution in [1.29, 1.82) is 0 Å². The molecule has 2 aromatic rings. The Labute approximate surface area is 162 Å². The van der Waals surface area contributed by atoms with Gasteiger partial charge in [-0.05, 0) is 29.8 Å². The lowest BCUT2D eigenvalue weighted by Gasteiger charge is -2.19. The van der Waals surface area contributed by atoms with Gasteiger partial charge in [0, 0.05) is 24.5 Å². The van der Waals surface area contributed by atoms with Gasteiger partial charge in [0.2, 0.25) is 11.8 Å². The van der Waals surface area contributed by atoms with E-state index in [9.17, 15) is 14.4 Å². The van der Waals surface area contributed by atoms with Gasteiger partial charge in [-0.15, -0.1) is 0 Å². The number of amides is 2. The van der Waals surface area contributed by atoms with Crippen molar-refractivity contribution < 1.29 is 19.1 Å². The Kier molecular flexibility index (Phi) is 5.76. The summed E-state index contributed by atoms with van der Waals surface area (Å²) in [6.45, 7) is 0.582. The number of halogens is 1. The van der Waals surface area contributed by atoms with E-state index in [1.54, 1.807) is 36.4 Å². The fourth-order valence-corrected chi connectivity index (χ4v) is 3.17. The summed E-state index contributed by atoms with van der Waals surface area (Å²) in [4.78, 5) is 38.3. The minimum Gasteiger partial charge on any atom is -0.465 e. The van der Waals surface area contributed by atoms with Gasteiger partial charge in [0.25, 0.3) is 0 Å². The zero-order valence-corrected chi connectivity index (χ0v) is 15.5. The topological polar surface area (TPSA) is 75.7 Å². The molecule has 0 spiro atoms. The van der Waals surface area contributed by atoms with Gasteiger partial charge in [0.15, 0.2) is 0 Å². The number of hydrogen-bond donors (Lipinski definition) is 1. The Morgan fingerprint density at radius 1 is 1.19 bits per heavy atom. The Bertz CT molecular complexity index is 867. The third-order valence-corrected chi connectivity index (χ3v) is 4.73. The molecule has 140 valence electrons. The van der Waals surface area contributed by atoms with Crippen LogP contribution in [-0.4, -0.2) is 31.4 Å². The van der Waals surface area contributed by atoms with E-state index in [1.807, 2.05) is 12.1 Å². The van der Waals surface area contributed by atoms with Crippen LogP contribution in [0.15, 0.2) is 48.5 Å². The third kappa shape index (κ3) is 4.28. The quantitative estimate of drug-likeness (QED) is 0.802. The molecule has 3 rings (SSSR count). The first-order valence-electron chi connectivity index (χ1n) is 8.49. The zero-order valence-electron chi connectivity index (χ0n) is 14.8. The number of benzene rings is 2. The van der Waals surface area contributed by atoms with Gasteiger partial charge in [0.1, 0.15) is 0 Å². The molecule has 1 fully saturated rings. The average molecular weight is 387 g/mol. The largest absolute Gasteiger partial charge is 0.465 e. The Morgan fingerprint density at radius 3 is 2.59 bits per heavy atom. The molecule has 1 N–H and O–H groups in total. The molecule has 1 heterocycles. The maximum Gasteiger partial charge on any atom is 0.339 e. The summed E-state index contributed by atoms with van der Waals surface area (Å²) in [5, 5.41) is 3.48. The molecule has 0 saturated carbocycles. The van der Waals surface area contributed by atoms with Gasteiger partial charge in [-0.3, -0.25) is 9.59 Å². The number of esters is 1. The van der Waals surface area contributed by atoms with E-state index >= 15 is 0 Å². The number of hydrogen-bond acceptors (Lipinski definition) is 4. The second-order valence-electron chi connectivity index (χ2n) is 6.26. The van der Waals surface area contributed by atoms with Crippen LogP contribution in [0.4, 0.5) is 5.69 Å². The minimum atomic E-state index is -0.519. The Hall–Kier alpha value is -2.86. The van der Waals surface area contributed by atoms with E-state index in [0.717, 1.165) is 5.56 Å². The van der Waals surface area contributed by atoms with Crippen molar-refractivity contribution in [2.75, 3.05) is 18.6 Å². The normalized spacial score (nSPS) is 16.3. The molecule has 1 aliphatic heterocycles. The lowest BCUT2D eigenvalue weighted by molar-refractivity contribution is -0.126. The molecule has 7 heteroatoms. The molecule has 0 aromatic heterocycles. The highest BCUT2D eigenvalue weighted by Gasteiger charge is 2.36. The van der Waals surface area contributed by atoms with Crippen LogP contribution in [0, 0.1) is 5.92 Å². The van der Waals surface area contributed by atoms with Crippen molar-refractivity contribution in [1.82, 2.24) is 5.32 Å². The second kappa shape index (κ2) is 8.22. The molecule has 0 aliphatic carbocycles. The second-order valence-corrected chi connectivity index (χ2v) is 6.69. The van der Waals surface area contributed by atoms with Crippen LogP contribution in [0.2, 0.25) is 5.02 Å². The SMILES string of the molecule is COC(=O)c1ccccc1N1CC(C(=O)NCc2ccc(Cl)cc2)CC1=O. The predicted molar refractivity (Wildman–Crippen MR) is 102 cm³/mol. The van der Waals surface area contributed by atoms with Gasteiger partial charge >= 0.3 is 5.97 Å². The van der Waals surface area contributed by atoms with Crippen molar-refractivity contribution in [3.8, 4) is 0 Å². The smallest absolute Gasteiger partial charge is 0.339 e. The summed E-state index contributed by atoms with van der Waals surface area (Å²) in [5.41, 5.74) is 1.68. The van der Waals surface area contributed by atoms with Crippen molar-refractivity contribution >= 4 is 35.1 Å². The van der Waals surface area contributed by atoms with Crippen LogP contribution in [0.25, 0.3) is 0 Å². The summed E-state index contributed by atoms with van der Waals surface area (Å²) < 4.78 is 4.78. The molecule has 1 aliphatic rings. The van der Waals surface area contributed by atoms with Gasteiger partial charge < -0.3 is 15.0 Å². The zero-order chi connectivity index (χ0) is 19.4. The molecule has 2 aromatic carbocycles. The summed E-state index contributed by atoms with van der Waals surface area (Å²) in [5.74, 6) is -1.39. The molecule has 2 amide bonds. The molecule has 0 bridgehead atoms. The van der Waals surface area contributed by atoms with Crippen LogP contribution in [-0.2, 0) is 20.9 Å². The summed E-state index contributed by atoms with van der Waals surface area (Å²) in [7, 11) is 1.29. The summed E-state index contributed by atoms with van der Waals surface area (Å²) in [6, 6.07) is 13.9. The van der Waals surface area contributed by atoms with E-state index in [1.165, 1.54) is 12.0 Å².